The average molecular weight is 548 g/mol. The van der Waals surface area contributed by atoms with E-state index in [1.54, 1.807) is 4.90 Å². The number of amides is 1. The SMILES string of the molecule is CCCCC(=O)N1C(c2ccc(-c3[c-]cccc3)cc2)OC(=O)C1C(C)C.[W]. The second-order valence-corrected chi connectivity index (χ2v) is 7.28. The van der Waals surface area contributed by atoms with Crippen LogP contribution < -0.4 is 0 Å². The zero-order valence-electron chi connectivity index (χ0n) is 16.6. The number of benzene rings is 2. The number of cyclic esters (lactones) is 1. The van der Waals surface area contributed by atoms with Crippen LogP contribution in [0.2, 0.25) is 0 Å². The Labute approximate surface area is 181 Å². The van der Waals surface area contributed by atoms with Crippen LogP contribution in [-0.4, -0.2) is 22.8 Å². The number of nitrogens with zero attached hydrogens (tertiary/aromatic N) is 1. The Balaban J connectivity index is 0.00000280. The quantitative estimate of drug-likeness (QED) is 0.387. The molecule has 2 atom stereocenters. The molecule has 3 rings (SSSR count). The van der Waals surface area contributed by atoms with Gasteiger partial charge in [-0.15, -0.1) is 35.9 Å². The fourth-order valence-electron chi connectivity index (χ4n) is 3.46. The molecule has 1 amide bonds. The summed E-state index contributed by atoms with van der Waals surface area (Å²) in [6, 6.07) is 18.3. The van der Waals surface area contributed by atoms with Crippen molar-refractivity contribution in [3.05, 3.63) is 60.2 Å². The van der Waals surface area contributed by atoms with E-state index < -0.39 is 12.3 Å². The van der Waals surface area contributed by atoms with Gasteiger partial charge in [-0.05, 0) is 12.3 Å². The molecule has 1 fully saturated rings. The molecule has 0 radical (unpaired) electrons. The predicted octanol–water partition coefficient (Wildman–Crippen LogP) is 4.75. The Morgan fingerprint density at radius 3 is 2.46 bits per heavy atom. The number of hydrogen-bond acceptors (Lipinski definition) is 3. The molecule has 0 aromatic heterocycles. The molecule has 2 aromatic carbocycles. The van der Waals surface area contributed by atoms with Crippen molar-refractivity contribution < 1.29 is 35.4 Å². The van der Waals surface area contributed by atoms with E-state index >= 15 is 0 Å². The number of unbranched alkanes of at least 4 members (excludes halogenated alkanes) is 1. The summed E-state index contributed by atoms with van der Waals surface area (Å²) in [6.07, 6.45) is 1.53. The second kappa shape index (κ2) is 10.0. The van der Waals surface area contributed by atoms with Gasteiger partial charge in [0.25, 0.3) is 0 Å². The van der Waals surface area contributed by atoms with Crippen LogP contribution >= 0.6 is 0 Å². The number of esters is 1. The summed E-state index contributed by atoms with van der Waals surface area (Å²) in [5.41, 5.74) is 2.85. The fourth-order valence-corrected chi connectivity index (χ4v) is 3.46. The van der Waals surface area contributed by atoms with E-state index in [0.29, 0.717) is 6.42 Å². The standard InChI is InChI=1S/C23H26NO3.W/c1-4-5-11-20(25)24-21(16(2)3)23(26)27-22(24)19-14-12-18(13-15-19)17-9-7-6-8-10-17;/h6-9,12-16,21-22H,4-5,11H2,1-3H3;/q-1;. The molecule has 1 saturated heterocycles. The van der Waals surface area contributed by atoms with Gasteiger partial charge in [-0.25, -0.2) is 4.79 Å². The number of carbonyl (C=O) groups excluding carboxylic acids is 2. The number of rotatable bonds is 6. The Morgan fingerprint density at radius 2 is 1.89 bits per heavy atom. The third-order valence-corrected chi connectivity index (χ3v) is 4.90. The molecular weight excluding hydrogens is 522 g/mol. The van der Waals surface area contributed by atoms with Gasteiger partial charge in [0, 0.05) is 33.0 Å². The van der Waals surface area contributed by atoms with Crippen molar-refractivity contribution in [2.45, 2.75) is 52.3 Å². The molecule has 4 nitrogen and oxygen atoms in total. The first kappa shape index (κ1) is 22.4. The molecule has 1 aliphatic heterocycles. The molecule has 2 aromatic rings. The van der Waals surface area contributed by atoms with Gasteiger partial charge in [0.2, 0.25) is 12.1 Å². The summed E-state index contributed by atoms with van der Waals surface area (Å²) < 4.78 is 5.64. The Bertz CT molecular complexity index is 789. The van der Waals surface area contributed by atoms with Crippen LogP contribution in [0.3, 0.4) is 0 Å². The van der Waals surface area contributed by atoms with Gasteiger partial charge in [0.05, 0.1) is 0 Å². The summed E-state index contributed by atoms with van der Waals surface area (Å²) >= 11 is 0. The van der Waals surface area contributed by atoms with E-state index in [0.717, 1.165) is 29.5 Å². The monoisotopic (exact) mass is 548 g/mol. The van der Waals surface area contributed by atoms with Crippen LogP contribution in [0.5, 0.6) is 0 Å². The molecule has 0 saturated carbocycles. The summed E-state index contributed by atoms with van der Waals surface area (Å²) in [6.45, 7) is 5.95. The smallest absolute Gasteiger partial charge is 0.331 e. The van der Waals surface area contributed by atoms with E-state index in [2.05, 4.69) is 13.0 Å². The zero-order valence-corrected chi connectivity index (χ0v) is 19.5. The van der Waals surface area contributed by atoms with Crippen LogP contribution in [0.1, 0.15) is 51.8 Å². The Morgan fingerprint density at radius 1 is 1.18 bits per heavy atom. The minimum Gasteiger partial charge on any atom is -0.435 e. The first-order valence-electron chi connectivity index (χ1n) is 9.61. The molecule has 2 unspecified atom stereocenters. The van der Waals surface area contributed by atoms with E-state index in [1.165, 1.54) is 0 Å². The van der Waals surface area contributed by atoms with Gasteiger partial charge in [0.15, 0.2) is 0 Å². The van der Waals surface area contributed by atoms with Crippen molar-refractivity contribution in [2.24, 2.45) is 5.92 Å². The van der Waals surface area contributed by atoms with Crippen molar-refractivity contribution in [1.29, 1.82) is 0 Å². The topological polar surface area (TPSA) is 46.6 Å². The van der Waals surface area contributed by atoms with Crippen LogP contribution in [-0.2, 0) is 35.4 Å². The van der Waals surface area contributed by atoms with Crippen LogP contribution in [0, 0.1) is 12.0 Å². The molecule has 0 spiro atoms. The van der Waals surface area contributed by atoms with Crippen LogP contribution in [0.25, 0.3) is 11.1 Å². The predicted molar refractivity (Wildman–Crippen MR) is 105 cm³/mol. The summed E-state index contributed by atoms with van der Waals surface area (Å²) in [7, 11) is 0. The van der Waals surface area contributed by atoms with Crippen LogP contribution in [0.15, 0.2) is 48.5 Å². The van der Waals surface area contributed by atoms with Crippen molar-refractivity contribution in [3.8, 4) is 11.1 Å². The van der Waals surface area contributed by atoms with Crippen molar-refractivity contribution >= 4 is 11.9 Å². The fraction of sp³-hybridized carbons (Fsp3) is 0.391. The van der Waals surface area contributed by atoms with E-state index in [-0.39, 0.29) is 38.9 Å². The maximum Gasteiger partial charge on any atom is 0.331 e. The molecule has 0 aliphatic carbocycles. The number of carbonyl (C=O) groups is 2. The molecule has 148 valence electrons. The maximum absolute atomic E-state index is 12.8. The van der Waals surface area contributed by atoms with Gasteiger partial charge >= 0.3 is 5.97 Å². The van der Waals surface area contributed by atoms with Crippen molar-refractivity contribution in [3.63, 3.8) is 0 Å². The van der Waals surface area contributed by atoms with Crippen molar-refractivity contribution in [1.82, 2.24) is 4.90 Å². The molecular formula is C23H26NO3W-. The van der Waals surface area contributed by atoms with Crippen molar-refractivity contribution in [2.75, 3.05) is 0 Å². The van der Waals surface area contributed by atoms with E-state index in [1.807, 2.05) is 62.4 Å². The molecule has 5 heteroatoms. The summed E-state index contributed by atoms with van der Waals surface area (Å²) in [5, 5.41) is 0. The molecule has 0 bridgehead atoms. The van der Waals surface area contributed by atoms with Gasteiger partial charge in [0.1, 0.15) is 6.04 Å². The van der Waals surface area contributed by atoms with Gasteiger partial charge in [-0.2, -0.15) is 0 Å². The zero-order chi connectivity index (χ0) is 19.4. The summed E-state index contributed by atoms with van der Waals surface area (Å²) in [5.74, 6) is -0.335. The first-order chi connectivity index (χ1) is 13.0. The minimum atomic E-state index is -0.650. The normalized spacial score (nSPS) is 18.7. The molecule has 0 N–H and O–H groups in total. The molecule has 1 aliphatic rings. The third-order valence-electron chi connectivity index (χ3n) is 4.90. The molecule has 28 heavy (non-hydrogen) atoms. The van der Waals surface area contributed by atoms with Gasteiger partial charge in [-0.3, -0.25) is 9.69 Å². The Kier molecular flexibility index (Phi) is 8.00. The minimum absolute atomic E-state index is 0. The maximum atomic E-state index is 12.8. The first-order valence-corrected chi connectivity index (χ1v) is 9.61. The average Bonchev–Trinajstić information content (AvgIpc) is 3.04. The van der Waals surface area contributed by atoms with Gasteiger partial charge < -0.3 is 4.74 Å². The Hall–Kier alpha value is -1.93. The van der Waals surface area contributed by atoms with E-state index in [9.17, 15) is 9.59 Å². The van der Waals surface area contributed by atoms with E-state index in [4.69, 9.17) is 4.74 Å². The summed E-state index contributed by atoms with van der Waals surface area (Å²) in [4.78, 5) is 26.9. The number of hydrogen-bond donors (Lipinski definition) is 0. The van der Waals surface area contributed by atoms with Crippen LogP contribution in [0.4, 0.5) is 0 Å². The largest absolute Gasteiger partial charge is 0.435 e. The second-order valence-electron chi connectivity index (χ2n) is 7.28. The third kappa shape index (κ3) is 4.72. The van der Waals surface area contributed by atoms with Gasteiger partial charge in [-0.1, -0.05) is 57.0 Å². The number of ether oxygens (including phenoxy) is 1. The molecule has 1 heterocycles.